The number of halogens is 2. The number of aromatic nitrogens is 3. The van der Waals surface area contributed by atoms with Crippen LogP contribution >= 0.6 is 11.6 Å². The molecule has 1 aromatic carbocycles. The molecule has 4 aromatic rings. The van der Waals surface area contributed by atoms with Gasteiger partial charge in [0.2, 0.25) is 0 Å². The Morgan fingerprint density at radius 1 is 1.16 bits per heavy atom. The summed E-state index contributed by atoms with van der Waals surface area (Å²) in [5.74, 6) is -0.319. The lowest BCUT2D eigenvalue weighted by atomic mass is 10.0. The van der Waals surface area contributed by atoms with E-state index in [1.165, 1.54) is 59.6 Å². The molecule has 0 aliphatic heterocycles. The molecule has 194 valence electrons. The normalized spacial score (nSPS) is 11.3. The Bertz CT molecular complexity index is 1710. The Kier molecular flexibility index (Phi) is 7.22. The van der Waals surface area contributed by atoms with Crippen molar-refractivity contribution < 1.29 is 14.2 Å². The van der Waals surface area contributed by atoms with Crippen molar-refractivity contribution in [2.45, 2.75) is 39.9 Å². The third kappa shape index (κ3) is 4.96. The summed E-state index contributed by atoms with van der Waals surface area (Å²) in [4.78, 5) is 30.8. The average molecular weight is 535 g/mol. The number of pyridine rings is 3. The van der Waals surface area contributed by atoms with Crippen molar-refractivity contribution >= 4 is 11.6 Å². The van der Waals surface area contributed by atoms with E-state index in [1.54, 1.807) is 32.0 Å². The van der Waals surface area contributed by atoms with Gasteiger partial charge in [0.05, 0.1) is 22.9 Å². The van der Waals surface area contributed by atoms with E-state index in [2.05, 4.69) is 4.98 Å². The van der Waals surface area contributed by atoms with Crippen LogP contribution in [0.1, 0.15) is 41.8 Å². The first-order valence-corrected chi connectivity index (χ1v) is 12.0. The maximum absolute atomic E-state index is 14.3. The van der Waals surface area contributed by atoms with E-state index >= 15 is 0 Å². The molecule has 1 N–H and O–H groups in total. The van der Waals surface area contributed by atoms with Gasteiger partial charge in [0.25, 0.3) is 11.1 Å². The molecule has 0 amide bonds. The van der Waals surface area contributed by atoms with Crippen molar-refractivity contribution in [3.63, 3.8) is 0 Å². The number of rotatable bonds is 6. The number of benzene rings is 1. The van der Waals surface area contributed by atoms with Gasteiger partial charge in [0.1, 0.15) is 29.0 Å². The summed E-state index contributed by atoms with van der Waals surface area (Å²) in [5.41, 5.74) is -0.491. The van der Waals surface area contributed by atoms with Crippen molar-refractivity contribution in [2.75, 3.05) is 0 Å². The largest absolute Gasteiger partial charge is 0.487 e. The first-order chi connectivity index (χ1) is 17.9. The summed E-state index contributed by atoms with van der Waals surface area (Å²) in [5, 5.41) is 19.4. The maximum Gasteiger partial charge on any atom is 0.277 e. The number of aryl methyl sites for hydroxylation is 2. The Morgan fingerprint density at radius 2 is 1.89 bits per heavy atom. The fourth-order valence-electron chi connectivity index (χ4n) is 4.06. The summed E-state index contributed by atoms with van der Waals surface area (Å²) in [6.45, 7) is 6.17. The summed E-state index contributed by atoms with van der Waals surface area (Å²) in [6.07, 6.45) is 3.05. The van der Waals surface area contributed by atoms with Gasteiger partial charge in [0, 0.05) is 41.3 Å². The highest BCUT2D eigenvalue weighted by atomic mass is 35.5. The first kappa shape index (κ1) is 26.8. The Balaban J connectivity index is 1.77. The Morgan fingerprint density at radius 3 is 2.58 bits per heavy atom. The zero-order valence-corrected chi connectivity index (χ0v) is 21.9. The molecular weight excluding hydrogens is 511 g/mol. The van der Waals surface area contributed by atoms with E-state index in [9.17, 15) is 24.3 Å². The molecule has 0 saturated heterocycles. The molecule has 0 fully saturated rings. The molecule has 0 atom stereocenters. The number of aliphatic hydroxyl groups is 1. The van der Waals surface area contributed by atoms with Crippen molar-refractivity contribution in [1.82, 2.24) is 14.1 Å². The van der Waals surface area contributed by atoms with Crippen LogP contribution in [0.4, 0.5) is 4.39 Å². The third-order valence-corrected chi connectivity index (χ3v) is 6.41. The van der Waals surface area contributed by atoms with Crippen LogP contribution in [0, 0.1) is 31.0 Å². The minimum atomic E-state index is -1.36. The molecule has 38 heavy (non-hydrogen) atoms. The highest BCUT2D eigenvalue weighted by Gasteiger charge is 2.22. The van der Waals surface area contributed by atoms with E-state index in [4.69, 9.17) is 16.3 Å². The van der Waals surface area contributed by atoms with Crippen molar-refractivity contribution in [3.8, 4) is 23.3 Å². The lowest BCUT2D eigenvalue weighted by Gasteiger charge is -2.19. The quantitative estimate of drug-likeness (QED) is 0.391. The first-order valence-electron chi connectivity index (χ1n) is 11.6. The molecular formula is C28H24ClFN4O4. The molecule has 0 aliphatic carbocycles. The van der Waals surface area contributed by atoms with Gasteiger partial charge in [-0.25, -0.2) is 9.37 Å². The predicted octanol–water partition coefficient (Wildman–Crippen LogP) is 4.47. The van der Waals surface area contributed by atoms with Crippen LogP contribution in [0.25, 0.3) is 11.5 Å². The van der Waals surface area contributed by atoms with Gasteiger partial charge < -0.3 is 9.84 Å². The molecule has 0 radical (unpaired) electrons. The van der Waals surface area contributed by atoms with Crippen LogP contribution in [-0.2, 0) is 12.2 Å². The summed E-state index contributed by atoms with van der Waals surface area (Å²) < 4.78 is 22.6. The van der Waals surface area contributed by atoms with Gasteiger partial charge in [-0.2, -0.15) is 5.26 Å². The molecule has 0 spiro atoms. The summed E-state index contributed by atoms with van der Waals surface area (Å²) in [7, 11) is 0. The topological polar surface area (TPSA) is 110 Å². The van der Waals surface area contributed by atoms with Gasteiger partial charge in [-0.1, -0.05) is 17.7 Å². The second kappa shape index (κ2) is 10.2. The zero-order valence-electron chi connectivity index (χ0n) is 21.1. The molecule has 0 aliphatic rings. The number of hydrogen-bond acceptors (Lipinski definition) is 6. The van der Waals surface area contributed by atoms with Crippen molar-refractivity contribution in [1.29, 1.82) is 5.26 Å². The molecule has 8 nitrogen and oxygen atoms in total. The molecule has 0 unspecified atom stereocenters. The van der Waals surface area contributed by atoms with E-state index < -0.39 is 22.5 Å². The predicted molar refractivity (Wildman–Crippen MR) is 141 cm³/mol. The lowest BCUT2D eigenvalue weighted by Crippen LogP contribution is -2.31. The second-order valence-electron chi connectivity index (χ2n) is 9.26. The van der Waals surface area contributed by atoms with E-state index in [0.717, 1.165) is 0 Å². The Labute approximate surface area is 222 Å². The number of nitrogens with zero attached hydrogens (tertiary/aromatic N) is 4. The van der Waals surface area contributed by atoms with Crippen LogP contribution in [-0.4, -0.2) is 19.2 Å². The van der Waals surface area contributed by atoms with E-state index in [0.29, 0.717) is 16.9 Å². The standard InChI is InChI=1S/C28H24ClFN4O4/c1-16-14-32-24(33-10-6-8-20(26(33)35)28(3,4)37)12-22(16)34-17(2)11-23(25(29)27(34)36)38-15-19-18(13-31)7-5-9-21(19)30/h5-12,14,37H,15H2,1-4H3. The molecule has 0 bridgehead atoms. The molecule has 10 heteroatoms. The van der Waals surface area contributed by atoms with Crippen LogP contribution in [0.5, 0.6) is 5.75 Å². The van der Waals surface area contributed by atoms with Crippen LogP contribution in [0.3, 0.4) is 0 Å². The smallest absolute Gasteiger partial charge is 0.277 e. The van der Waals surface area contributed by atoms with Crippen LogP contribution in [0.15, 0.2) is 64.4 Å². The SMILES string of the molecule is Cc1cnc(-n2cccc(C(C)(C)O)c2=O)cc1-n1c(C)cc(OCc2c(F)cccc2C#N)c(Cl)c1=O. The molecule has 3 aromatic heterocycles. The van der Waals surface area contributed by atoms with Gasteiger partial charge in [0.15, 0.2) is 0 Å². The van der Waals surface area contributed by atoms with Crippen LogP contribution < -0.4 is 15.9 Å². The molecule has 4 rings (SSSR count). The molecule has 0 saturated carbocycles. The van der Waals surface area contributed by atoms with Gasteiger partial charge in [-0.3, -0.25) is 18.7 Å². The fourth-order valence-corrected chi connectivity index (χ4v) is 4.25. The zero-order chi connectivity index (χ0) is 27.8. The van der Waals surface area contributed by atoms with Gasteiger partial charge in [-0.05, 0) is 57.5 Å². The highest BCUT2D eigenvalue weighted by Crippen LogP contribution is 2.27. The summed E-state index contributed by atoms with van der Waals surface area (Å²) in [6, 6.07) is 12.3. The third-order valence-electron chi connectivity index (χ3n) is 6.07. The second-order valence-corrected chi connectivity index (χ2v) is 9.63. The number of nitriles is 1. The monoisotopic (exact) mass is 534 g/mol. The average Bonchev–Trinajstić information content (AvgIpc) is 2.86. The van der Waals surface area contributed by atoms with Crippen LogP contribution in [0.2, 0.25) is 5.02 Å². The fraction of sp³-hybridized carbons (Fsp3) is 0.214. The highest BCUT2D eigenvalue weighted by molar-refractivity contribution is 6.31. The van der Waals surface area contributed by atoms with Gasteiger partial charge >= 0.3 is 0 Å². The van der Waals surface area contributed by atoms with E-state index in [-0.39, 0.29) is 39.9 Å². The maximum atomic E-state index is 14.3. The van der Waals surface area contributed by atoms with Crippen molar-refractivity contribution in [3.05, 3.63) is 114 Å². The summed E-state index contributed by atoms with van der Waals surface area (Å²) >= 11 is 6.39. The lowest BCUT2D eigenvalue weighted by molar-refractivity contribution is 0.0767. The minimum Gasteiger partial charge on any atom is -0.487 e. The number of hydrogen-bond donors (Lipinski definition) is 1. The minimum absolute atomic E-state index is 0.0404. The van der Waals surface area contributed by atoms with Gasteiger partial charge in [-0.15, -0.1) is 0 Å². The Hall–Kier alpha value is -4.26. The van der Waals surface area contributed by atoms with Crippen molar-refractivity contribution in [2.24, 2.45) is 0 Å². The molecule has 3 heterocycles. The van der Waals surface area contributed by atoms with E-state index in [1.807, 2.05) is 6.07 Å². The number of ether oxygens (including phenoxy) is 1.